The van der Waals surface area contributed by atoms with Crippen molar-refractivity contribution in [1.82, 2.24) is 0 Å². The van der Waals surface area contributed by atoms with Crippen LogP contribution in [0.15, 0.2) is 47.5 Å². The van der Waals surface area contributed by atoms with Crippen molar-refractivity contribution in [3.8, 4) is 0 Å². The third kappa shape index (κ3) is 2.13. The summed E-state index contributed by atoms with van der Waals surface area (Å²) in [4.78, 5) is 4.75. The van der Waals surface area contributed by atoms with E-state index in [2.05, 4.69) is 29.6 Å². The lowest BCUT2D eigenvalue weighted by Crippen LogP contribution is -2.23. The van der Waals surface area contributed by atoms with Crippen molar-refractivity contribution in [2.24, 2.45) is 4.99 Å². The molecule has 2 aliphatic rings. The summed E-state index contributed by atoms with van der Waals surface area (Å²) in [6.45, 7) is 0.474. The molecule has 4 rings (SSSR count). The normalized spacial score (nSPS) is 21.3. The van der Waals surface area contributed by atoms with Crippen molar-refractivity contribution in [2.75, 3.05) is 11.1 Å². The Balaban J connectivity index is 1.62. The molecule has 4 nitrogen and oxygen atoms in total. The molecular weight excluding hydrogens is 262 g/mol. The van der Waals surface area contributed by atoms with Crippen LogP contribution in [0.25, 0.3) is 0 Å². The van der Waals surface area contributed by atoms with Crippen LogP contribution in [0.4, 0.5) is 11.4 Å². The highest BCUT2D eigenvalue weighted by Crippen LogP contribution is 2.35. The van der Waals surface area contributed by atoms with E-state index < -0.39 is 0 Å². The van der Waals surface area contributed by atoms with Gasteiger partial charge in [0.2, 0.25) is 0 Å². The van der Waals surface area contributed by atoms with Crippen molar-refractivity contribution < 1.29 is 4.74 Å². The van der Waals surface area contributed by atoms with Crippen LogP contribution in [0.3, 0.4) is 0 Å². The molecule has 1 atom stereocenters. The van der Waals surface area contributed by atoms with Crippen molar-refractivity contribution in [3.05, 3.63) is 59.2 Å². The number of aryl methyl sites for hydroxylation is 1. The monoisotopic (exact) mass is 279 g/mol. The van der Waals surface area contributed by atoms with Gasteiger partial charge in [-0.05, 0) is 36.1 Å². The lowest BCUT2D eigenvalue weighted by atomic mass is 10.1. The van der Waals surface area contributed by atoms with Gasteiger partial charge in [-0.25, -0.2) is 4.99 Å². The second-order valence-electron chi connectivity index (χ2n) is 5.47. The van der Waals surface area contributed by atoms with Crippen molar-refractivity contribution in [3.63, 3.8) is 0 Å². The van der Waals surface area contributed by atoms with Gasteiger partial charge in [-0.1, -0.05) is 30.3 Å². The molecule has 21 heavy (non-hydrogen) atoms. The highest BCUT2D eigenvalue weighted by molar-refractivity contribution is 5.93. The molecule has 1 aliphatic heterocycles. The highest BCUT2D eigenvalue weighted by atomic mass is 16.5. The van der Waals surface area contributed by atoms with Crippen molar-refractivity contribution in [2.45, 2.75) is 25.5 Å². The minimum Gasteiger partial charge on any atom is -0.460 e. The number of amidine groups is 1. The maximum Gasteiger partial charge on any atom is 0.290 e. The van der Waals surface area contributed by atoms with Gasteiger partial charge in [0.05, 0.1) is 11.7 Å². The summed E-state index contributed by atoms with van der Waals surface area (Å²) in [5.74, 6) is 0. The number of anilines is 2. The van der Waals surface area contributed by atoms with E-state index in [1.165, 1.54) is 11.1 Å². The summed E-state index contributed by atoms with van der Waals surface area (Å²) in [5.41, 5.74) is 11.4. The number of nitrogens with zero attached hydrogens (tertiary/aromatic N) is 1. The van der Waals surface area contributed by atoms with Crippen molar-refractivity contribution in [1.29, 1.82) is 0 Å². The number of benzene rings is 2. The van der Waals surface area contributed by atoms with Crippen LogP contribution in [-0.4, -0.2) is 6.02 Å². The Morgan fingerprint density at radius 2 is 2.05 bits per heavy atom. The molecule has 0 fully saturated rings. The predicted octanol–water partition coefficient (Wildman–Crippen LogP) is 3.25. The first-order valence-corrected chi connectivity index (χ1v) is 7.24. The second-order valence-corrected chi connectivity index (χ2v) is 5.47. The van der Waals surface area contributed by atoms with Crippen LogP contribution in [0.5, 0.6) is 0 Å². The molecule has 0 saturated carbocycles. The van der Waals surface area contributed by atoms with E-state index in [-0.39, 0.29) is 6.04 Å². The Morgan fingerprint density at radius 1 is 1.14 bits per heavy atom. The Morgan fingerprint density at radius 3 is 3.00 bits per heavy atom. The first-order valence-electron chi connectivity index (χ1n) is 7.24. The van der Waals surface area contributed by atoms with Gasteiger partial charge in [0.15, 0.2) is 0 Å². The quantitative estimate of drug-likeness (QED) is 0.788. The maximum absolute atomic E-state index is 5.95. The maximum atomic E-state index is 5.95. The fraction of sp³-hybridized carbons (Fsp3) is 0.235. The van der Waals surface area contributed by atoms with E-state index in [4.69, 9.17) is 15.5 Å². The molecule has 0 radical (unpaired) electrons. The first kappa shape index (κ1) is 12.3. The minimum atomic E-state index is 0.186. The molecule has 0 saturated heterocycles. The molecule has 106 valence electrons. The van der Waals surface area contributed by atoms with Gasteiger partial charge < -0.3 is 15.8 Å². The SMILES string of the molecule is Nc1cccc2c1COC(=NC1CCc3ccccc31)N2. The van der Waals surface area contributed by atoms with Crippen LogP contribution in [0, 0.1) is 0 Å². The molecule has 0 aromatic heterocycles. The highest BCUT2D eigenvalue weighted by Gasteiger charge is 2.24. The van der Waals surface area contributed by atoms with E-state index in [9.17, 15) is 0 Å². The van der Waals surface area contributed by atoms with Crippen LogP contribution < -0.4 is 11.1 Å². The average molecular weight is 279 g/mol. The number of ether oxygens (including phenoxy) is 1. The zero-order chi connectivity index (χ0) is 14.2. The topological polar surface area (TPSA) is 59.6 Å². The molecule has 0 bridgehead atoms. The second kappa shape index (κ2) is 4.81. The average Bonchev–Trinajstić information content (AvgIpc) is 2.91. The Labute approximate surface area is 123 Å². The lowest BCUT2D eigenvalue weighted by molar-refractivity contribution is 0.283. The third-order valence-corrected chi connectivity index (χ3v) is 4.18. The zero-order valence-corrected chi connectivity index (χ0v) is 11.7. The fourth-order valence-corrected chi connectivity index (χ4v) is 3.05. The number of hydrogen-bond donors (Lipinski definition) is 2. The van der Waals surface area contributed by atoms with E-state index in [0.29, 0.717) is 12.6 Å². The number of fused-ring (bicyclic) bond motifs is 2. The van der Waals surface area contributed by atoms with Gasteiger partial charge in [-0.15, -0.1) is 0 Å². The number of nitrogens with two attached hydrogens (primary N) is 1. The summed E-state index contributed by atoms with van der Waals surface area (Å²) >= 11 is 0. The Kier molecular flexibility index (Phi) is 2.81. The van der Waals surface area contributed by atoms with Gasteiger partial charge in [0, 0.05) is 11.3 Å². The van der Waals surface area contributed by atoms with Crippen molar-refractivity contribution >= 4 is 17.4 Å². The number of nitrogen functional groups attached to an aromatic ring is 1. The number of aliphatic imine (C=N–C) groups is 1. The third-order valence-electron chi connectivity index (χ3n) is 4.18. The van der Waals surface area contributed by atoms with Crippen LogP contribution >= 0.6 is 0 Å². The molecule has 1 unspecified atom stereocenters. The molecule has 1 heterocycles. The molecule has 0 amide bonds. The fourth-order valence-electron chi connectivity index (χ4n) is 3.05. The largest absolute Gasteiger partial charge is 0.460 e. The number of hydrogen-bond acceptors (Lipinski definition) is 3. The van der Waals surface area contributed by atoms with Gasteiger partial charge in [-0.2, -0.15) is 0 Å². The molecule has 4 heteroatoms. The van der Waals surface area contributed by atoms with Gasteiger partial charge in [-0.3, -0.25) is 0 Å². The Hall–Kier alpha value is -2.49. The molecule has 3 N–H and O–H groups in total. The molecule has 1 aliphatic carbocycles. The predicted molar refractivity (Wildman–Crippen MR) is 84.2 cm³/mol. The van der Waals surface area contributed by atoms with E-state index in [1.807, 2.05) is 18.2 Å². The zero-order valence-electron chi connectivity index (χ0n) is 11.7. The van der Waals surface area contributed by atoms with Crippen LogP contribution in [-0.2, 0) is 17.8 Å². The van der Waals surface area contributed by atoms with E-state index in [1.54, 1.807) is 0 Å². The molecule has 2 aromatic carbocycles. The molecule has 2 aromatic rings. The minimum absolute atomic E-state index is 0.186. The summed E-state index contributed by atoms with van der Waals surface area (Å²) in [6.07, 6.45) is 2.12. The lowest BCUT2D eigenvalue weighted by Gasteiger charge is -2.22. The summed E-state index contributed by atoms with van der Waals surface area (Å²) in [5, 5.41) is 3.24. The van der Waals surface area contributed by atoms with Gasteiger partial charge in [0.1, 0.15) is 6.61 Å². The smallest absolute Gasteiger partial charge is 0.290 e. The van der Waals surface area contributed by atoms with Crippen LogP contribution in [0.2, 0.25) is 0 Å². The van der Waals surface area contributed by atoms with Gasteiger partial charge >= 0.3 is 0 Å². The summed E-state index contributed by atoms with van der Waals surface area (Å²) in [6, 6.07) is 15.1. The van der Waals surface area contributed by atoms with Crippen LogP contribution in [0.1, 0.15) is 29.2 Å². The molecule has 0 spiro atoms. The number of nitrogens with one attached hydrogen (secondary N) is 1. The number of rotatable bonds is 1. The summed E-state index contributed by atoms with van der Waals surface area (Å²) in [7, 11) is 0. The van der Waals surface area contributed by atoms with Gasteiger partial charge in [0.25, 0.3) is 6.02 Å². The van der Waals surface area contributed by atoms with E-state index >= 15 is 0 Å². The van der Waals surface area contributed by atoms with E-state index in [0.717, 1.165) is 29.8 Å². The molecular formula is C17H17N3O. The Bertz CT molecular complexity index is 724. The first-order chi connectivity index (χ1) is 10.3. The summed E-state index contributed by atoms with van der Waals surface area (Å²) < 4.78 is 5.72. The standard InChI is InChI=1S/C17H17N3O/c18-14-6-3-7-15-13(14)10-21-17(19-15)20-16-9-8-11-4-1-2-5-12(11)16/h1-7,16H,8-10,18H2,(H,19,20).